The predicted molar refractivity (Wildman–Crippen MR) is 148 cm³/mol. The normalized spacial score (nSPS) is 11.4. The maximum Gasteiger partial charge on any atom is 0.281 e. The number of hydrogen-bond donors (Lipinski definition) is 2. The molecule has 37 heavy (non-hydrogen) atoms. The van der Waals surface area contributed by atoms with Crippen LogP contribution >= 0.6 is 15.9 Å². The minimum absolute atomic E-state index is 0.392. The zero-order valence-electron chi connectivity index (χ0n) is 20.5. The smallest absolute Gasteiger partial charge is 0.281 e. The minimum Gasteiger partial charge on any atom is -0.493 e. The van der Waals surface area contributed by atoms with Crippen molar-refractivity contribution in [3.63, 3.8) is 0 Å². The molecule has 0 aromatic heterocycles. The molecule has 0 bridgehead atoms. The lowest BCUT2D eigenvalue weighted by Gasteiger charge is -2.27. The molecule has 6 nitrogen and oxygen atoms in total. The summed E-state index contributed by atoms with van der Waals surface area (Å²) in [6.45, 7) is 2.43. The first-order chi connectivity index (χ1) is 17.9. The number of hydrazone groups is 1. The molecule has 0 fully saturated rings. The quantitative estimate of drug-likeness (QED) is 0.203. The van der Waals surface area contributed by atoms with Gasteiger partial charge in [-0.3, -0.25) is 4.79 Å². The van der Waals surface area contributed by atoms with Gasteiger partial charge in [-0.05, 0) is 62.8 Å². The number of carbonyl (C=O) groups is 1. The first-order valence-corrected chi connectivity index (χ1v) is 12.4. The number of methoxy groups -OCH3 is 1. The van der Waals surface area contributed by atoms with Gasteiger partial charge in [0.2, 0.25) is 0 Å². The van der Waals surface area contributed by atoms with E-state index in [-0.39, 0.29) is 0 Å². The summed E-state index contributed by atoms with van der Waals surface area (Å²) in [5.74, 6) is 0.403. The first kappa shape index (κ1) is 26.1. The van der Waals surface area contributed by atoms with Crippen molar-refractivity contribution in [2.24, 2.45) is 5.10 Å². The number of aryl methyl sites for hydroxylation is 1. The summed E-state index contributed by atoms with van der Waals surface area (Å²) >= 11 is 3.55. The molecule has 0 radical (unpaired) electrons. The van der Waals surface area contributed by atoms with Gasteiger partial charge in [0.15, 0.2) is 17.1 Å². The van der Waals surface area contributed by atoms with Crippen LogP contribution in [0.25, 0.3) is 0 Å². The van der Waals surface area contributed by atoms with Gasteiger partial charge < -0.3 is 14.6 Å². The number of rotatable bonds is 9. The van der Waals surface area contributed by atoms with Crippen molar-refractivity contribution < 1.29 is 19.4 Å². The zero-order chi connectivity index (χ0) is 26.3. The molecule has 0 spiro atoms. The Labute approximate surface area is 224 Å². The van der Waals surface area contributed by atoms with E-state index in [0.29, 0.717) is 39.3 Å². The number of halogens is 1. The van der Waals surface area contributed by atoms with E-state index in [1.165, 1.54) is 6.21 Å². The van der Waals surface area contributed by atoms with Crippen LogP contribution < -0.4 is 14.9 Å². The van der Waals surface area contributed by atoms with Gasteiger partial charge in [-0.2, -0.15) is 5.10 Å². The molecule has 4 rings (SSSR count). The third-order valence-corrected chi connectivity index (χ3v) is 6.57. The fourth-order valence-corrected chi connectivity index (χ4v) is 4.48. The molecule has 0 saturated heterocycles. The van der Waals surface area contributed by atoms with Crippen molar-refractivity contribution in [3.05, 3.63) is 129 Å². The van der Waals surface area contributed by atoms with Crippen molar-refractivity contribution in [3.8, 4) is 11.5 Å². The number of aliphatic hydroxyl groups is 1. The van der Waals surface area contributed by atoms with E-state index in [4.69, 9.17) is 9.47 Å². The van der Waals surface area contributed by atoms with Gasteiger partial charge in [-0.15, -0.1) is 0 Å². The highest BCUT2D eigenvalue weighted by Gasteiger charge is 2.39. The van der Waals surface area contributed by atoms with Crippen LogP contribution in [0.3, 0.4) is 0 Å². The summed E-state index contributed by atoms with van der Waals surface area (Å²) in [5.41, 5.74) is 4.33. The molecule has 2 N–H and O–H groups in total. The highest BCUT2D eigenvalue weighted by Crippen LogP contribution is 2.37. The van der Waals surface area contributed by atoms with Crippen LogP contribution in [-0.4, -0.2) is 24.3 Å². The summed E-state index contributed by atoms with van der Waals surface area (Å²) in [4.78, 5) is 13.2. The molecule has 7 heteroatoms. The van der Waals surface area contributed by atoms with Gasteiger partial charge in [0, 0.05) is 0 Å². The highest BCUT2D eigenvalue weighted by atomic mass is 79.9. The van der Waals surface area contributed by atoms with Gasteiger partial charge in [-0.25, -0.2) is 5.43 Å². The fourth-order valence-electron chi connectivity index (χ4n) is 3.91. The van der Waals surface area contributed by atoms with E-state index in [1.807, 2.05) is 49.4 Å². The van der Waals surface area contributed by atoms with Crippen molar-refractivity contribution in [1.82, 2.24) is 5.43 Å². The number of ether oxygens (including phenoxy) is 2. The van der Waals surface area contributed by atoms with Gasteiger partial charge >= 0.3 is 0 Å². The third kappa shape index (κ3) is 5.90. The molecule has 0 aliphatic carbocycles. The zero-order valence-corrected chi connectivity index (χ0v) is 22.1. The van der Waals surface area contributed by atoms with E-state index in [2.05, 4.69) is 26.5 Å². The molecule has 0 atom stereocenters. The molecule has 0 heterocycles. The summed E-state index contributed by atoms with van der Waals surface area (Å²) in [5, 5.41) is 15.6. The number of benzene rings is 4. The standard InChI is InChI=1S/C30H27BrN2O4/c1-21-11-9-10-12-23(21)20-37-28-26(31)17-22(18-27(28)36-2)19-32-33-29(34)30(35,24-13-5-3-6-14-24)25-15-7-4-8-16-25/h3-19,35H,20H2,1-2H3,(H,33,34)/b32-19-. The van der Waals surface area contributed by atoms with E-state index in [0.717, 1.165) is 11.1 Å². The average molecular weight is 559 g/mol. The van der Waals surface area contributed by atoms with E-state index in [9.17, 15) is 9.90 Å². The Morgan fingerprint density at radius 1 is 0.973 bits per heavy atom. The number of amides is 1. The van der Waals surface area contributed by atoms with E-state index in [1.54, 1.807) is 61.7 Å². The van der Waals surface area contributed by atoms with Crippen LogP contribution in [0, 0.1) is 6.92 Å². The van der Waals surface area contributed by atoms with E-state index < -0.39 is 11.5 Å². The lowest BCUT2D eigenvalue weighted by atomic mass is 9.85. The SMILES string of the molecule is COc1cc(/C=N\NC(=O)C(O)(c2ccccc2)c2ccccc2)cc(Br)c1OCc1ccccc1C. The summed E-state index contributed by atoms with van der Waals surface area (Å²) in [6.07, 6.45) is 1.48. The second-order valence-corrected chi connectivity index (χ2v) is 9.25. The van der Waals surface area contributed by atoms with Gasteiger partial charge in [0.1, 0.15) is 6.61 Å². The first-order valence-electron chi connectivity index (χ1n) is 11.6. The Balaban J connectivity index is 1.53. The van der Waals surface area contributed by atoms with Gasteiger partial charge in [0.25, 0.3) is 5.91 Å². The van der Waals surface area contributed by atoms with Gasteiger partial charge in [0.05, 0.1) is 17.8 Å². The van der Waals surface area contributed by atoms with Crippen LogP contribution in [0.5, 0.6) is 11.5 Å². The van der Waals surface area contributed by atoms with Crippen LogP contribution in [0.1, 0.15) is 27.8 Å². The summed E-state index contributed by atoms with van der Waals surface area (Å²) in [6, 6.07) is 29.1. The molecule has 0 aliphatic rings. The van der Waals surface area contributed by atoms with Crippen molar-refractivity contribution in [2.75, 3.05) is 7.11 Å². The van der Waals surface area contributed by atoms with E-state index >= 15 is 0 Å². The lowest BCUT2D eigenvalue weighted by molar-refractivity contribution is -0.136. The number of nitrogens with one attached hydrogen (secondary N) is 1. The number of hydrogen-bond acceptors (Lipinski definition) is 5. The molecule has 0 aliphatic heterocycles. The van der Waals surface area contributed by atoms with Crippen LogP contribution in [-0.2, 0) is 17.0 Å². The number of nitrogens with zero attached hydrogens (tertiary/aromatic N) is 1. The van der Waals surface area contributed by atoms with Gasteiger partial charge in [-0.1, -0.05) is 84.9 Å². The predicted octanol–water partition coefficient (Wildman–Crippen LogP) is 5.73. The largest absolute Gasteiger partial charge is 0.493 e. The van der Waals surface area contributed by atoms with Crippen LogP contribution in [0.2, 0.25) is 0 Å². The Kier molecular flexibility index (Phi) is 8.38. The summed E-state index contributed by atoms with van der Waals surface area (Å²) < 4.78 is 12.3. The van der Waals surface area contributed by atoms with Crippen LogP contribution in [0.15, 0.2) is 107 Å². The third-order valence-electron chi connectivity index (χ3n) is 5.98. The minimum atomic E-state index is -1.91. The highest BCUT2D eigenvalue weighted by molar-refractivity contribution is 9.10. The molecule has 1 amide bonds. The van der Waals surface area contributed by atoms with Crippen molar-refractivity contribution >= 4 is 28.1 Å². The summed E-state index contributed by atoms with van der Waals surface area (Å²) in [7, 11) is 1.56. The molecule has 0 unspecified atom stereocenters. The average Bonchev–Trinajstić information content (AvgIpc) is 2.93. The second kappa shape index (κ2) is 11.9. The van der Waals surface area contributed by atoms with Crippen LogP contribution in [0.4, 0.5) is 0 Å². The Morgan fingerprint density at radius 3 is 2.16 bits per heavy atom. The lowest BCUT2D eigenvalue weighted by Crippen LogP contribution is -2.43. The molecular weight excluding hydrogens is 532 g/mol. The Morgan fingerprint density at radius 2 is 1.57 bits per heavy atom. The molecular formula is C30H27BrN2O4. The monoisotopic (exact) mass is 558 g/mol. The Hall–Kier alpha value is -3.94. The molecule has 4 aromatic rings. The second-order valence-electron chi connectivity index (χ2n) is 8.39. The Bertz CT molecular complexity index is 1350. The van der Waals surface area contributed by atoms with Crippen molar-refractivity contribution in [2.45, 2.75) is 19.1 Å². The molecule has 0 saturated carbocycles. The topological polar surface area (TPSA) is 80.2 Å². The fraction of sp³-hybridized carbons (Fsp3) is 0.133. The maximum atomic E-state index is 13.2. The molecule has 4 aromatic carbocycles. The number of carbonyl (C=O) groups excluding carboxylic acids is 1. The molecule has 188 valence electrons. The van der Waals surface area contributed by atoms with Crippen molar-refractivity contribution in [1.29, 1.82) is 0 Å². The maximum absolute atomic E-state index is 13.2.